The van der Waals surface area contributed by atoms with Crippen molar-refractivity contribution in [1.29, 1.82) is 0 Å². The second kappa shape index (κ2) is 8.55. The molecule has 8 heteroatoms. The SMILES string of the molecule is C[C@H](CCNC(=O)N1CCCN(C(=O)c2ccco2)CC1)n1ccnc1. The van der Waals surface area contributed by atoms with Gasteiger partial charge in [0, 0.05) is 51.2 Å². The predicted octanol–water partition coefficient (Wildman–Crippen LogP) is 1.98. The van der Waals surface area contributed by atoms with E-state index < -0.39 is 0 Å². The van der Waals surface area contributed by atoms with Crippen LogP contribution in [0.1, 0.15) is 36.4 Å². The zero-order valence-corrected chi connectivity index (χ0v) is 15.0. The van der Waals surface area contributed by atoms with Crippen molar-refractivity contribution in [2.24, 2.45) is 0 Å². The van der Waals surface area contributed by atoms with Gasteiger partial charge in [-0.25, -0.2) is 9.78 Å². The van der Waals surface area contributed by atoms with Gasteiger partial charge >= 0.3 is 6.03 Å². The number of nitrogens with one attached hydrogen (secondary N) is 1. The molecule has 1 aliphatic rings. The van der Waals surface area contributed by atoms with Crippen LogP contribution in [0.25, 0.3) is 0 Å². The van der Waals surface area contributed by atoms with Crippen LogP contribution in [0, 0.1) is 0 Å². The van der Waals surface area contributed by atoms with Crippen molar-refractivity contribution in [3.05, 3.63) is 42.9 Å². The van der Waals surface area contributed by atoms with Gasteiger partial charge in [0.1, 0.15) is 0 Å². The molecule has 0 radical (unpaired) electrons. The molecule has 140 valence electrons. The second-order valence-electron chi connectivity index (χ2n) is 6.49. The molecule has 3 heterocycles. The number of carbonyl (C=O) groups excluding carboxylic acids is 2. The van der Waals surface area contributed by atoms with Gasteiger partial charge in [-0.3, -0.25) is 4.79 Å². The molecule has 1 aliphatic heterocycles. The Morgan fingerprint density at radius 3 is 2.81 bits per heavy atom. The van der Waals surface area contributed by atoms with Crippen LogP contribution < -0.4 is 5.32 Å². The Morgan fingerprint density at radius 2 is 2.08 bits per heavy atom. The summed E-state index contributed by atoms with van der Waals surface area (Å²) in [6, 6.07) is 3.58. The third kappa shape index (κ3) is 4.44. The molecule has 0 unspecified atom stereocenters. The van der Waals surface area contributed by atoms with Crippen molar-refractivity contribution in [2.45, 2.75) is 25.8 Å². The minimum absolute atomic E-state index is 0.0740. The van der Waals surface area contributed by atoms with E-state index in [9.17, 15) is 9.59 Å². The van der Waals surface area contributed by atoms with E-state index in [1.54, 1.807) is 34.5 Å². The Morgan fingerprint density at radius 1 is 1.27 bits per heavy atom. The summed E-state index contributed by atoms with van der Waals surface area (Å²) in [5.74, 6) is 0.225. The molecule has 1 N–H and O–H groups in total. The zero-order valence-electron chi connectivity index (χ0n) is 15.0. The highest BCUT2D eigenvalue weighted by atomic mass is 16.3. The van der Waals surface area contributed by atoms with Crippen LogP contribution in [0.4, 0.5) is 4.79 Å². The molecule has 1 fully saturated rings. The van der Waals surface area contributed by atoms with E-state index in [2.05, 4.69) is 17.2 Å². The summed E-state index contributed by atoms with van der Waals surface area (Å²) in [4.78, 5) is 32.3. The normalized spacial score (nSPS) is 16.2. The van der Waals surface area contributed by atoms with Gasteiger partial charge in [-0.2, -0.15) is 0 Å². The second-order valence-corrected chi connectivity index (χ2v) is 6.49. The predicted molar refractivity (Wildman–Crippen MR) is 95.8 cm³/mol. The number of hydrogen-bond acceptors (Lipinski definition) is 4. The lowest BCUT2D eigenvalue weighted by Gasteiger charge is -2.22. The van der Waals surface area contributed by atoms with Crippen LogP contribution >= 0.6 is 0 Å². The Hall–Kier alpha value is -2.77. The molecule has 0 spiro atoms. The summed E-state index contributed by atoms with van der Waals surface area (Å²) in [5, 5.41) is 2.98. The van der Waals surface area contributed by atoms with Gasteiger partial charge in [0.15, 0.2) is 5.76 Å². The number of carbonyl (C=O) groups is 2. The van der Waals surface area contributed by atoms with Crippen molar-refractivity contribution < 1.29 is 14.0 Å². The molecule has 2 aromatic rings. The van der Waals surface area contributed by atoms with E-state index in [1.807, 2.05) is 10.8 Å². The standard InChI is InChI=1S/C18H25N5O3/c1-15(23-10-7-19-14-23)5-6-20-18(25)22-9-3-8-21(11-12-22)17(24)16-4-2-13-26-16/h2,4,7,10,13-15H,3,5-6,8-9,11-12H2,1H3,(H,20,25)/t15-/m1/s1. The van der Waals surface area contributed by atoms with Crippen molar-refractivity contribution in [1.82, 2.24) is 24.7 Å². The molecule has 3 amide bonds. The average Bonchev–Trinajstić information content (AvgIpc) is 3.31. The van der Waals surface area contributed by atoms with Crippen LogP contribution in [-0.4, -0.2) is 64.0 Å². The molecule has 8 nitrogen and oxygen atoms in total. The molecule has 1 atom stereocenters. The maximum Gasteiger partial charge on any atom is 0.317 e. The number of amides is 3. The monoisotopic (exact) mass is 359 g/mol. The maximum atomic E-state index is 12.4. The zero-order chi connectivity index (χ0) is 18.4. The molecular formula is C18H25N5O3. The van der Waals surface area contributed by atoms with Crippen LogP contribution in [0.3, 0.4) is 0 Å². The van der Waals surface area contributed by atoms with Crippen LogP contribution in [-0.2, 0) is 0 Å². The molecule has 0 bridgehead atoms. The van der Waals surface area contributed by atoms with Crippen LogP contribution in [0.15, 0.2) is 41.5 Å². The Kier molecular flexibility index (Phi) is 5.93. The molecule has 0 aliphatic carbocycles. The first kappa shape index (κ1) is 18.0. The highest BCUT2D eigenvalue weighted by Crippen LogP contribution is 2.11. The molecule has 3 rings (SSSR count). The minimum Gasteiger partial charge on any atom is -0.459 e. The molecule has 0 aromatic carbocycles. The molecule has 1 saturated heterocycles. The third-order valence-corrected chi connectivity index (χ3v) is 4.67. The Labute approximate surface area is 152 Å². The van der Waals surface area contributed by atoms with E-state index in [-0.39, 0.29) is 18.0 Å². The highest BCUT2D eigenvalue weighted by Gasteiger charge is 2.23. The van der Waals surface area contributed by atoms with Gasteiger partial charge < -0.3 is 24.1 Å². The summed E-state index contributed by atoms with van der Waals surface area (Å²) in [6.45, 7) is 5.00. The number of urea groups is 1. The molecule has 26 heavy (non-hydrogen) atoms. The van der Waals surface area contributed by atoms with Gasteiger partial charge in [0.05, 0.1) is 12.6 Å². The first-order valence-corrected chi connectivity index (χ1v) is 8.98. The molecule has 0 saturated carbocycles. The number of aromatic nitrogens is 2. The largest absolute Gasteiger partial charge is 0.459 e. The average molecular weight is 359 g/mol. The number of rotatable bonds is 5. The van der Waals surface area contributed by atoms with Gasteiger partial charge in [-0.15, -0.1) is 0 Å². The molecular weight excluding hydrogens is 334 g/mol. The fourth-order valence-corrected chi connectivity index (χ4v) is 3.06. The van der Waals surface area contributed by atoms with E-state index in [4.69, 9.17) is 4.42 Å². The minimum atomic E-state index is -0.119. The van der Waals surface area contributed by atoms with Crippen LogP contribution in [0.2, 0.25) is 0 Å². The Bertz CT molecular complexity index is 698. The number of furan rings is 1. The highest BCUT2D eigenvalue weighted by molar-refractivity contribution is 5.91. The summed E-state index contributed by atoms with van der Waals surface area (Å²) in [5.41, 5.74) is 0. The number of imidazole rings is 1. The number of hydrogen-bond donors (Lipinski definition) is 1. The van der Waals surface area contributed by atoms with E-state index in [0.717, 1.165) is 12.8 Å². The first-order valence-electron chi connectivity index (χ1n) is 8.98. The van der Waals surface area contributed by atoms with Gasteiger partial charge in [-0.1, -0.05) is 0 Å². The topological polar surface area (TPSA) is 83.6 Å². The van der Waals surface area contributed by atoms with E-state index in [0.29, 0.717) is 38.5 Å². The van der Waals surface area contributed by atoms with Gasteiger partial charge in [0.25, 0.3) is 5.91 Å². The van der Waals surface area contributed by atoms with Gasteiger partial charge in [-0.05, 0) is 31.9 Å². The fourth-order valence-electron chi connectivity index (χ4n) is 3.06. The van der Waals surface area contributed by atoms with Crippen molar-refractivity contribution in [3.63, 3.8) is 0 Å². The van der Waals surface area contributed by atoms with Crippen molar-refractivity contribution in [3.8, 4) is 0 Å². The van der Waals surface area contributed by atoms with Crippen molar-refractivity contribution in [2.75, 3.05) is 32.7 Å². The first-order chi connectivity index (χ1) is 12.6. The Balaban J connectivity index is 1.43. The third-order valence-electron chi connectivity index (χ3n) is 4.67. The fraction of sp³-hybridized carbons (Fsp3) is 0.500. The maximum absolute atomic E-state index is 12.4. The van der Waals surface area contributed by atoms with Gasteiger partial charge in [0.2, 0.25) is 0 Å². The lowest BCUT2D eigenvalue weighted by molar-refractivity contribution is 0.0730. The smallest absolute Gasteiger partial charge is 0.317 e. The summed E-state index contributed by atoms with van der Waals surface area (Å²) in [7, 11) is 0. The lowest BCUT2D eigenvalue weighted by Crippen LogP contribution is -2.43. The molecule has 2 aromatic heterocycles. The summed E-state index contributed by atoms with van der Waals surface area (Å²) < 4.78 is 7.20. The summed E-state index contributed by atoms with van der Waals surface area (Å²) >= 11 is 0. The van der Waals surface area contributed by atoms with Crippen molar-refractivity contribution >= 4 is 11.9 Å². The van der Waals surface area contributed by atoms with Crippen LogP contribution in [0.5, 0.6) is 0 Å². The van der Waals surface area contributed by atoms with E-state index >= 15 is 0 Å². The lowest BCUT2D eigenvalue weighted by atomic mass is 10.2. The quantitative estimate of drug-likeness (QED) is 0.885. The number of nitrogens with zero attached hydrogens (tertiary/aromatic N) is 4. The summed E-state index contributed by atoms with van der Waals surface area (Å²) in [6.07, 6.45) is 8.54. The van der Waals surface area contributed by atoms with E-state index in [1.165, 1.54) is 6.26 Å².